The van der Waals surface area contributed by atoms with Gasteiger partial charge in [0.2, 0.25) is 0 Å². The molecule has 1 heterocycles. The molecule has 0 N–H and O–H groups in total. The van der Waals surface area contributed by atoms with Crippen molar-refractivity contribution in [2.24, 2.45) is 5.41 Å². The highest BCUT2D eigenvalue weighted by atomic mass is 32.2. The van der Waals surface area contributed by atoms with Crippen LogP contribution < -0.4 is 0 Å². The van der Waals surface area contributed by atoms with Crippen molar-refractivity contribution in [3.63, 3.8) is 0 Å². The van der Waals surface area contributed by atoms with E-state index in [0.29, 0.717) is 13.1 Å². The molecule has 0 bridgehead atoms. The van der Waals surface area contributed by atoms with Gasteiger partial charge in [-0.2, -0.15) is 8.42 Å². The minimum absolute atomic E-state index is 0.0864. The van der Waals surface area contributed by atoms with Gasteiger partial charge in [0.1, 0.15) is 6.61 Å². The summed E-state index contributed by atoms with van der Waals surface area (Å²) in [5.74, 6) is 0. The summed E-state index contributed by atoms with van der Waals surface area (Å²) in [6.45, 7) is 1.67. The Morgan fingerprint density at radius 1 is 1.20 bits per heavy atom. The molecule has 0 unspecified atom stereocenters. The number of hydrogen-bond donors (Lipinski definition) is 0. The lowest BCUT2D eigenvalue weighted by Crippen LogP contribution is -2.36. The molecule has 25 heavy (non-hydrogen) atoms. The normalized spacial score (nSPS) is 26.8. The van der Waals surface area contributed by atoms with Gasteiger partial charge < -0.3 is 9.64 Å². The van der Waals surface area contributed by atoms with Crippen LogP contribution in [-0.2, 0) is 25.6 Å². The van der Waals surface area contributed by atoms with Gasteiger partial charge in [0.15, 0.2) is 0 Å². The first-order valence-corrected chi connectivity index (χ1v) is 10.5. The molecule has 1 spiro atoms. The molecule has 2 fully saturated rings. The zero-order valence-electron chi connectivity index (χ0n) is 14.5. The van der Waals surface area contributed by atoms with Crippen molar-refractivity contribution >= 4 is 16.2 Å². The van der Waals surface area contributed by atoms with Gasteiger partial charge in [0.05, 0.1) is 12.4 Å². The molecule has 3 rings (SSSR count). The van der Waals surface area contributed by atoms with Crippen LogP contribution in [-0.4, -0.2) is 44.9 Å². The lowest BCUT2D eigenvalue weighted by atomic mass is 9.73. The number of rotatable bonds is 4. The quantitative estimate of drug-likeness (QED) is 0.765. The molecule has 6 nitrogen and oxygen atoms in total. The molecule has 0 radical (unpaired) electrons. The largest absolute Gasteiger partial charge is 0.445 e. The molecule has 1 aliphatic heterocycles. The lowest BCUT2D eigenvalue weighted by Gasteiger charge is -2.36. The first-order valence-electron chi connectivity index (χ1n) is 8.69. The molecular formula is C18H25NO5S. The Balaban J connectivity index is 1.47. The van der Waals surface area contributed by atoms with Crippen LogP contribution in [0.15, 0.2) is 30.3 Å². The fourth-order valence-electron chi connectivity index (χ4n) is 3.86. The highest BCUT2D eigenvalue weighted by Gasteiger charge is 2.43. The summed E-state index contributed by atoms with van der Waals surface area (Å²) in [6, 6.07) is 9.64. The third kappa shape index (κ3) is 4.95. The van der Waals surface area contributed by atoms with Crippen LogP contribution >= 0.6 is 0 Å². The highest BCUT2D eigenvalue weighted by Crippen LogP contribution is 2.44. The van der Waals surface area contributed by atoms with Gasteiger partial charge in [0.25, 0.3) is 10.1 Å². The summed E-state index contributed by atoms with van der Waals surface area (Å²) < 4.78 is 33.0. The number of likely N-dealkylation sites (tertiary alicyclic amines) is 1. The molecule has 138 valence electrons. The zero-order chi connectivity index (χ0) is 17.9. The number of hydrogen-bond acceptors (Lipinski definition) is 5. The summed E-state index contributed by atoms with van der Waals surface area (Å²) in [4.78, 5) is 14.1. The molecule has 1 saturated carbocycles. The number of ether oxygens (including phenoxy) is 1. The fraction of sp³-hybridized carbons (Fsp3) is 0.611. The highest BCUT2D eigenvalue weighted by molar-refractivity contribution is 7.86. The molecule has 0 atom stereocenters. The Labute approximate surface area is 149 Å². The maximum Gasteiger partial charge on any atom is 0.410 e. The fourth-order valence-corrected chi connectivity index (χ4v) is 4.54. The van der Waals surface area contributed by atoms with Crippen LogP contribution in [0, 0.1) is 5.41 Å². The van der Waals surface area contributed by atoms with Gasteiger partial charge in [-0.1, -0.05) is 30.3 Å². The molecule has 1 aromatic rings. The molecule has 2 aliphatic rings. The second-order valence-corrected chi connectivity index (χ2v) is 8.81. The van der Waals surface area contributed by atoms with E-state index in [0.717, 1.165) is 43.9 Å². The molecule has 1 saturated heterocycles. The Bertz CT molecular complexity index is 695. The minimum Gasteiger partial charge on any atom is -0.445 e. The number of carbonyl (C=O) groups excluding carboxylic acids is 1. The van der Waals surface area contributed by atoms with E-state index in [4.69, 9.17) is 8.92 Å². The summed E-state index contributed by atoms with van der Waals surface area (Å²) in [6.07, 6.45) is 4.76. The number of nitrogens with zero attached hydrogens (tertiary/aromatic N) is 1. The summed E-state index contributed by atoms with van der Waals surface area (Å²) in [5.41, 5.74) is 1.06. The van der Waals surface area contributed by atoms with E-state index in [1.165, 1.54) is 0 Å². The number of carbonyl (C=O) groups is 1. The predicted molar refractivity (Wildman–Crippen MR) is 93.4 cm³/mol. The predicted octanol–water partition coefficient (Wildman–Crippen LogP) is 2.93. The van der Waals surface area contributed by atoms with Crippen molar-refractivity contribution < 1.29 is 22.1 Å². The van der Waals surface area contributed by atoms with Crippen molar-refractivity contribution in [1.82, 2.24) is 4.90 Å². The van der Waals surface area contributed by atoms with Gasteiger partial charge in [-0.15, -0.1) is 0 Å². The van der Waals surface area contributed by atoms with Crippen molar-refractivity contribution in [1.29, 1.82) is 0 Å². The van der Waals surface area contributed by atoms with Crippen LogP contribution in [0.4, 0.5) is 4.79 Å². The average Bonchev–Trinajstić information content (AvgIpc) is 2.99. The molecule has 1 aromatic carbocycles. The van der Waals surface area contributed by atoms with Crippen molar-refractivity contribution in [3.8, 4) is 0 Å². The maximum atomic E-state index is 12.3. The number of amides is 1. The smallest absolute Gasteiger partial charge is 0.410 e. The molecule has 1 amide bonds. The molecule has 7 heteroatoms. The SMILES string of the molecule is CS(=O)(=O)OC1CCC2(CC1)CCN(C(=O)OCc1ccccc1)C2. The first-order chi connectivity index (χ1) is 11.9. The third-order valence-electron chi connectivity index (χ3n) is 5.21. The first kappa shape index (κ1) is 18.2. The van der Waals surface area contributed by atoms with Crippen molar-refractivity contribution in [2.75, 3.05) is 19.3 Å². The second kappa shape index (κ2) is 7.33. The lowest BCUT2D eigenvalue weighted by molar-refractivity contribution is 0.0763. The van der Waals surface area contributed by atoms with Crippen molar-refractivity contribution in [2.45, 2.75) is 44.8 Å². The van der Waals surface area contributed by atoms with E-state index in [9.17, 15) is 13.2 Å². The van der Waals surface area contributed by atoms with Crippen molar-refractivity contribution in [3.05, 3.63) is 35.9 Å². The zero-order valence-corrected chi connectivity index (χ0v) is 15.3. The minimum atomic E-state index is -3.40. The monoisotopic (exact) mass is 367 g/mol. The summed E-state index contributed by atoms with van der Waals surface area (Å²) in [5, 5.41) is 0. The van der Waals surface area contributed by atoms with Gasteiger partial charge in [-0.3, -0.25) is 4.18 Å². The van der Waals surface area contributed by atoms with Gasteiger partial charge in [-0.05, 0) is 43.1 Å². The van der Waals surface area contributed by atoms with E-state index >= 15 is 0 Å². The summed E-state index contributed by atoms with van der Waals surface area (Å²) >= 11 is 0. The van der Waals surface area contributed by atoms with E-state index in [1.54, 1.807) is 4.90 Å². The van der Waals surface area contributed by atoms with Crippen LogP contribution in [0.1, 0.15) is 37.7 Å². The van der Waals surface area contributed by atoms with Crippen LogP contribution in [0.5, 0.6) is 0 Å². The maximum absolute atomic E-state index is 12.3. The van der Waals surface area contributed by atoms with E-state index in [2.05, 4.69) is 0 Å². The van der Waals surface area contributed by atoms with Gasteiger partial charge >= 0.3 is 6.09 Å². The van der Waals surface area contributed by atoms with Gasteiger partial charge in [-0.25, -0.2) is 4.79 Å². The standard InChI is InChI=1S/C18H25NO5S/c1-25(21,22)24-16-7-9-18(10-8-16)11-12-19(14-18)17(20)23-13-15-5-3-2-4-6-15/h2-6,16H,7-14H2,1H3. The summed E-state index contributed by atoms with van der Waals surface area (Å²) in [7, 11) is -3.40. The molecular weight excluding hydrogens is 342 g/mol. The Hall–Kier alpha value is -1.60. The second-order valence-electron chi connectivity index (χ2n) is 7.21. The Kier molecular flexibility index (Phi) is 5.34. The number of benzene rings is 1. The van der Waals surface area contributed by atoms with Crippen LogP contribution in [0.3, 0.4) is 0 Å². The Morgan fingerprint density at radius 3 is 2.52 bits per heavy atom. The van der Waals surface area contributed by atoms with Crippen LogP contribution in [0.25, 0.3) is 0 Å². The van der Waals surface area contributed by atoms with Crippen LogP contribution in [0.2, 0.25) is 0 Å². The Morgan fingerprint density at radius 2 is 1.88 bits per heavy atom. The topological polar surface area (TPSA) is 72.9 Å². The molecule has 1 aliphatic carbocycles. The third-order valence-corrected chi connectivity index (χ3v) is 5.83. The van der Waals surface area contributed by atoms with E-state index in [-0.39, 0.29) is 24.2 Å². The average molecular weight is 367 g/mol. The van der Waals surface area contributed by atoms with Gasteiger partial charge in [0, 0.05) is 13.1 Å². The molecule has 0 aromatic heterocycles. The van der Waals surface area contributed by atoms with E-state index < -0.39 is 10.1 Å². The van der Waals surface area contributed by atoms with E-state index in [1.807, 2.05) is 30.3 Å².